The van der Waals surface area contributed by atoms with Crippen LogP contribution in [0.1, 0.15) is 36.3 Å². The van der Waals surface area contributed by atoms with E-state index in [9.17, 15) is 14.0 Å². The van der Waals surface area contributed by atoms with Crippen LogP contribution in [-0.4, -0.2) is 11.6 Å². The van der Waals surface area contributed by atoms with E-state index < -0.39 is 11.7 Å². The normalized spacial score (nSPS) is 25.5. The lowest BCUT2D eigenvalue weighted by Crippen LogP contribution is -2.35. The summed E-state index contributed by atoms with van der Waals surface area (Å²) in [6, 6.07) is 10.3. The fourth-order valence-electron chi connectivity index (χ4n) is 4.22. The Kier molecular flexibility index (Phi) is 3.99. The molecule has 2 fully saturated rings. The minimum absolute atomic E-state index is 0.0241. The molecule has 0 N–H and O–H groups in total. The molecule has 4 rings (SSSR count). The molecule has 0 spiro atoms. The van der Waals surface area contributed by atoms with Gasteiger partial charge in [-0.1, -0.05) is 29.8 Å². The highest BCUT2D eigenvalue weighted by atomic mass is 35.5. The molecule has 2 nitrogen and oxygen atoms in total. The van der Waals surface area contributed by atoms with Gasteiger partial charge in [0.15, 0.2) is 11.6 Å². The SMILES string of the molecule is Cc1ccc(-c2ccc(F)c(Cl)c2)cc1C1C(=O)C2CCC(C2)C1=O. The van der Waals surface area contributed by atoms with Crippen molar-refractivity contribution >= 4 is 23.2 Å². The van der Waals surface area contributed by atoms with Crippen molar-refractivity contribution in [3.05, 3.63) is 58.4 Å². The Morgan fingerprint density at radius 1 is 0.960 bits per heavy atom. The first-order valence-electron chi connectivity index (χ1n) is 8.59. The number of carbonyl (C=O) groups excluding carboxylic acids is 2. The second-order valence-corrected chi connectivity index (χ2v) is 7.55. The monoisotopic (exact) mass is 356 g/mol. The Morgan fingerprint density at radius 2 is 1.56 bits per heavy atom. The van der Waals surface area contributed by atoms with Crippen LogP contribution in [-0.2, 0) is 9.59 Å². The Morgan fingerprint density at radius 3 is 2.20 bits per heavy atom. The largest absolute Gasteiger partial charge is 0.298 e. The summed E-state index contributed by atoms with van der Waals surface area (Å²) >= 11 is 5.89. The minimum atomic E-state index is -0.651. The Balaban J connectivity index is 1.79. The lowest BCUT2D eigenvalue weighted by atomic mass is 9.74. The van der Waals surface area contributed by atoms with E-state index in [0.717, 1.165) is 41.5 Å². The van der Waals surface area contributed by atoms with Crippen LogP contribution < -0.4 is 0 Å². The van der Waals surface area contributed by atoms with E-state index in [1.807, 2.05) is 25.1 Å². The van der Waals surface area contributed by atoms with Crippen molar-refractivity contribution in [1.82, 2.24) is 0 Å². The molecule has 2 aromatic carbocycles. The Bertz CT molecular complexity index is 867. The number of Topliss-reactive ketones (excluding diaryl/α,β-unsaturated/α-hetero) is 2. The molecule has 128 valence electrons. The maximum absolute atomic E-state index is 13.4. The number of benzene rings is 2. The lowest BCUT2D eigenvalue weighted by molar-refractivity contribution is -0.135. The van der Waals surface area contributed by atoms with E-state index in [0.29, 0.717) is 0 Å². The summed E-state index contributed by atoms with van der Waals surface area (Å²) in [7, 11) is 0. The van der Waals surface area contributed by atoms with Crippen molar-refractivity contribution in [3.8, 4) is 11.1 Å². The summed E-state index contributed by atoms with van der Waals surface area (Å²) in [5, 5.41) is 0.0579. The summed E-state index contributed by atoms with van der Waals surface area (Å²) in [4.78, 5) is 25.6. The van der Waals surface area contributed by atoms with E-state index in [1.165, 1.54) is 6.07 Å². The van der Waals surface area contributed by atoms with Crippen LogP contribution in [0.25, 0.3) is 11.1 Å². The third-order valence-corrected chi connectivity index (χ3v) is 5.94. The quantitative estimate of drug-likeness (QED) is 0.701. The van der Waals surface area contributed by atoms with E-state index in [-0.39, 0.29) is 28.4 Å². The molecular weight excluding hydrogens is 339 g/mol. The van der Waals surface area contributed by atoms with Crippen molar-refractivity contribution in [2.24, 2.45) is 11.8 Å². The van der Waals surface area contributed by atoms with Gasteiger partial charge in [-0.05, 0) is 66.6 Å². The topological polar surface area (TPSA) is 34.1 Å². The number of fused-ring (bicyclic) bond motifs is 2. The van der Waals surface area contributed by atoms with Gasteiger partial charge >= 0.3 is 0 Å². The zero-order valence-electron chi connectivity index (χ0n) is 13.9. The number of hydrogen-bond donors (Lipinski definition) is 0. The molecule has 25 heavy (non-hydrogen) atoms. The smallest absolute Gasteiger partial charge is 0.150 e. The van der Waals surface area contributed by atoms with Gasteiger partial charge in [0, 0.05) is 11.8 Å². The predicted octanol–water partition coefficient (Wildman–Crippen LogP) is 5.11. The summed E-state index contributed by atoms with van der Waals surface area (Å²) in [6.45, 7) is 1.92. The minimum Gasteiger partial charge on any atom is -0.298 e. The van der Waals surface area contributed by atoms with E-state index in [2.05, 4.69) is 0 Å². The summed E-state index contributed by atoms with van der Waals surface area (Å²) in [6.07, 6.45) is 2.39. The molecule has 2 saturated carbocycles. The zero-order chi connectivity index (χ0) is 17.7. The third-order valence-electron chi connectivity index (χ3n) is 5.65. The van der Waals surface area contributed by atoms with Crippen LogP contribution in [0.3, 0.4) is 0 Å². The summed E-state index contributed by atoms with van der Waals surface area (Å²) in [5.74, 6) is -0.937. The molecule has 0 aliphatic heterocycles. The van der Waals surface area contributed by atoms with E-state index in [4.69, 9.17) is 11.6 Å². The van der Waals surface area contributed by atoms with Crippen LogP contribution in [0.5, 0.6) is 0 Å². The molecule has 2 aliphatic rings. The highest BCUT2D eigenvalue weighted by Crippen LogP contribution is 2.45. The maximum Gasteiger partial charge on any atom is 0.150 e. The number of carbonyl (C=O) groups is 2. The van der Waals surface area contributed by atoms with Gasteiger partial charge in [-0.3, -0.25) is 9.59 Å². The fraction of sp³-hybridized carbons (Fsp3) is 0.333. The van der Waals surface area contributed by atoms with Gasteiger partial charge in [0.2, 0.25) is 0 Å². The Hall–Kier alpha value is -2.00. The number of hydrogen-bond acceptors (Lipinski definition) is 2. The van der Waals surface area contributed by atoms with Gasteiger partial charge in [0.05, 0.1) is 5.02 Å². The van der Waals surface area contributed by atoms with Crippen LogP contribution in [0.2, 0.25) is 5.02 Å². The van der Waals surface area contributed by atoms with Crippen molar-refractivity contribution in [1.29, 1.82) is 0 Å². The number of rotatable bonds is 2. The molecule has 2 atom stereocenters. The second-order valence-electron chi connectivity index (χ2n) is 7.14. The summed E-state index contributed by atoms with van der Waals surface area (Å²) < 4.78 is 13.4. The lowest BCUT2D eigenvalue weighted by Gasteiger charge is -2.27. The Labute approximate surface area is 151 Å². The van der Waals surface area contributed by atoms with Crippen molar-refractivity contribution in [2.45, 2.75) is 32.1 Å². The van der Waals surface area contributed by atoms with Gasteiger partial charge in [0.25, 0.3) is 0 Å². The van der Waals surface area contributed by atoms with E-state index >= 15 is 0 Å². The molecule has 2 unspecified atom stereocenters. The van der Waals surface area contributed by atoms with Gasteiger partial charge in [-0.25, -0.2) is 4.39 Å². The van der Waals surface area contributed by atoms with Crippen LogP contribution >= 0.6 is 11.6 Å². The van der Waals surface area contributed by atoms with Crippen molar-refractivity contribution in [2.75, 3.05) is 0 Å². The first kappa shape index (κ1) is 16.5. The molecule has 4 heteroatoms. The predicted molar refractivity (Wildman–Crippen MR) is 95.2 cm³/mol. The van der Waals surface area contributed by atoms with Crippen LogP contribution in [0, 0.1) is 24.6 Å². The molecule has 2 aromatic rings. The molecule has 0 heterocycles. The third kappa shape index (κ3) is 2.71. The average molecular weight is 357 g/mol. The molecule has 2 bridgehead atoms. The second kappa shape index (κ2) is 6.06. The van der Waals surface area contributed by atoms with Crippen molar-refractivity contribution in [3.63, 3.8) is 0 Å². The number of halogens is 2. The highest BCUT2D eigenvalue weighted by Gasteiger charge is 2.47. The van der Waals surface area contributed by atoms with Gasteiger partial charge < -0.3 is 0 Å². The number of aryl methyl sites for hydroxylation is 1. The highest BCUT2D eigenvalue weighted by molar-refractivity contribution is 6.31. The van der Waals surface area contributed by atoms with Crippen LogP contribution in [0.4, 0.5) is 4.39 Å². The summed E-state index contributed by atoms with van der Waals surface area (Å²) in [5.41, 5.74) is 3.32. The molecule has 0 radical (unpaired) electrons. The maximum atomic E-state index is 13.4. The standard InChI is InChI=1S/C21H18ClFO2/c1-11-2-3-12(13-6-7-18(23)17(22)10-13)9-16(11)19-20(24)14-4-5-15(8-14)21(19)25/h2-3,6-7,9-10,14-15,19H,4-5,8H2,1H3. The van der Waals surface area contributed by atoms with Gasteiger partial charge in [-0.15, -0.1) is 0 Å². The number of ketones is 2. The molecule has 0 amide bonds. The average Bonchev–Trinajstić information content (AvgIpc) is 3.05. The zero-order valence-corrected chi connectivity index (χ0v) is 14.6. The van der Waals surface area contributed by atoms with Gasteiger partial charge in [-0.2, -0.15) is 0 Å². The van der Waals surface area contributed by atoms with E-state index in [1.54, 1.807) is 12.1 Å². The molecule has 0 saturated heterocycles. The molecule has 2 aliphatic carbocycles. The molecular formula is C21H18ClFO2. The molecule has 0 aromatic heterocycles. The van der Waals surface area contributed by atoms with Crippen LogP contribution in [0.15, 0.2) is 36.4 Å². The first-order chi connectivity index (χ1) is 12.0. The fourth-order valence-corrected chi connectivity index (χ4v) is 4.40. The van der Waals surface area contributed by atoms with Gasteiger partial charge in [0.1, 0.15) is 11.7 Å². The first-order valence-corrected chi connectivity index (χ1v) is 8.97. The van der Waals surface area contributed by atoms with Crippen molar-refractivity contribution < 1.29 is 14.0 Å².